The highest BCUT2D eigenvalue weighted by molar-refractivity contribution is 8.00. The van der Waals surface area contributed by atoms with Gasteiger partial charge in [0.05, 0.1) is 0 Å². The van der Waals surface area contributed by atoms with Crippen LogP contribution in [0.4, 0.5) is 5.69 Å². The lowest BCUT2D eigenvalue weighted by Crippen LogP contribution is -2.22. The highest BCUT2D eigenvalue weighted by Gasteiger charge is 2.27. The van der Waals surface area contributed by atoms with Gasteiger partial charge in [-0.15, -0.1) is 23.1 Å². The molecular formula is C16H17NO2S2. The molecule has 3 nitrogen and oxygen atoms in total. The van der Waals surface area contributed by atoms with Crippen LogP contribution in [0.15, 0.2) is 35.7 Å². The molecule has 1 aromatic carbocycles. The van der Waals surface area contributed by atoms with Crippen molar-refractivity contribution in [2.75, 3.05) is 17.7 Å². The molecule has 110 valence electrons. The molecule has 0 saturated carbocycles. The molecule has 0 saturated heterocycles. The van der Waals surface area contributed by atoms with Crippen LogP contribution in [0.1, 0.15) is 21.3 Å². The summed E-state index contributed by atoms with van der Waals surface area (Å²) >= 11 is 3.45. The van der Waals surface area contributed by atoms with Gasteiger partial charge in [0.1, 0.15) is 5.25 Å². The summed E-state index contributed by atoms with van der Waals surface area (Å²) < 4.78 is 0. The van der Waals surface area contributed by atoms with Gasteiger partial charge < -0.3 is 10.4 Å². The van der Waals surface area contributed by atoms with Crippen LogP contribution in [0.25, 0.3) is 0 Å². The number of carbonyl (C=O) groups is 1. The van der Waals surface area contributed by atoms with E-state index < -0.39 is 0 Å². The van der Waals surface area contributed by atoms with Gasteiger partial charge in [0.15, 0.2) is 0 Å². The molecule has 3 rings (SSSR count). The lowest BCUT2D eigenvalue weighted by Gasteiger charge is -2.21. The number of benzene rings is 1. The van der Waals surface area contributed by atoms with Crippen molar-refractivity contribution < 1.29 is 9.90 Å². The van der Waals surface area contributed by atoms with Gasteiger partial charge in [0.2, 0.25) is 5.91 Å². The molecule has 5 heteroatoms. The van der Waals surface area contributed by atoms with E-state index in [1.165, 1.54) is 10.4 Å². The van der Waals surface area contributed by atoms with Crippen LogP contribution in [0.5, 0.6) is 0 Å². The van der Waals surface area contributed by atoms with Crippen molar-refractivity contribution in [3.8, 4) is 0 Å². The molecule has 0 radical (unpaired) electrons. The maximum Gasteiger partial charge on any atom is 0.242 e. The Morgan fingerprint density at radius 1 is 1.29 bits per heavy atom. The Labute approximate surface area is 132 Å². The number of aryl methyl sites for hydroxylation is 1. The summed E-state index contributed by atoms with van der Waals surface area (Å²) in [6.07, 6.45) is 1.71. The van der Waals surface area contributed by atoms with E-state index in [1.807, 2.05) is 24.3 Å². The van der Waals surface area contributed by atoms with E-state index >= 15 is 0 Å². The van der Waals surface area contributed by atoms with Crippen molar-refractivity contribution in [1.29, 1.82) is 0 Å². The van der Waals surface area contributed by atoms with Crippen LogP contribution in [-0.2, 0) is 17.6 Å². The fourth-order valence-corrected chi connectivity index (χ4v) is 4.75. The highest BCUT2D eigenvalue weighted by atomic mass is 32.2. The van der Waals surface area contributed by atoms with Gasteiger partial charge in [-0.2, -0.15) is 0 Å². The van der Waals surface area contributed by atoms with Crippen LogP contribution in [-0.4, -0.2) is 23.4 Å². The minimum absolute atomic E-state index is 0.0502. The van der Waals surface area contributed by atoms with Gasteiger partial charge >= 0.3 is 0 Å². The molecule has 0 fully saturated rings. The third-order valence-corrected chi connectivity index (χ3v) is 5.77. The van der Waals surface area contributed by atoms with Crippen molar-refractivity contribution >= 4 is 34.7 Å². The fourth-order valence-electron chi connectivity index (χ4n) is 2.46. The molecule has 0 bridgehead atoms. The van der Waals surface area contributed by atoms with Gasteiger partial charge in [-0.3, -0.25) is 4.79 Å². The minimum Gasteiger partial charge on any atom is -0.396 e. The number of aliphatic hydroxyl groups excluding tert-OH is 1. The molecule has 0 unspecified atom stereocenters. The van der Waals surface area contributed by atoms with Gasteiger partial charge in [-0.25, -0.2) is 0 Å². The molecule has 0 aliphatic carbocycles. The first-order chi connectivity index (χ1) is 10.3. The topological polar surface area (TPSA) is 49.3 Å². The number of amides is 1. The lowest BCUT2D eigenvalue weighted by atomic mass is 10.1. The number of fused-ring (bicyclic) bond motifs is 1. The number of hydrogen-bond acceptors (Lipinski definition) is 4. The van der Waals surface area contributed by atoms with Gasteiger partial charge in [0.25, 0.3) is 0 Å². The predicted octanol–water partition coefficient (Wildman–Crippen LogP) is 3.25. The third kappa shape index (κ3) is 3.31. The van der Waals surface area contributed by atoms with E-state index in [4.69, 9.17) is 5.11 Å². The van der Waals surface area contributed by atoms with E-state index in [9.17, 15) is 4.79 Å². The van der Waals surface area contributed by atoms with Crippen molar-refractivity contribution in [3.05, 3.63) is 51.7 Å². The zero-order valence-corrected chi connectivity index (χ0v) is 13.2. The van der Waals surface area contributed by atoms with Crippen LogP contribution in [0, 0.1) is 0 Å². The van der Waals surface area contributed by atoms with Crippen LogP contribution in [0.2, 0.25) is 0 Å². The molecule has 1 aliphatic heterocycles. The zero-order valence-electron chi connectivity index (χ0n) is 11.5. The number of anilines is 1. The van der Waals surface area contributed by atoms with Crippen LogP contribution in [0.3, 0.4) is 0 Å². The van der Waals surface area contributed by atoms with E-state index in [1.54, 1.807) is 23.1 Å². The summed E-state index contributed by atoms with van der Waals surface area (Å²) in [5, 5.41) is 13.9. The standard InChI is InChI=1S/C16H17NO2S2/c18-8-5-11-1-3-12(4-2-11)17-16(19)15-13-6-9-20-14(13)7-10-21-15/h1-4,6,9,15,18H,5,7-8,10H2,(H,17,19)/t15-/m0/s1. The normalized spacial score (nSPS) is 17.3. The molecule has 1 amide bonds. The number of carbonyl (C=O) groups excluding carboxylic acids is 1. The smallest absolute Gasteiger partial charge is 0.242 e. The molecule has 21 heavy (non-hydrogen) atoms. The number of aliphatic hydroxyl groups is 1. The summed E-state index contributed by atoms with van der Waals surface area (Å²) in [5.74, 6) is 1.05. The van der Waals surface area contributed by atoms with Gasteiger partial charge in [0, 0.05) is 17.2 Å². The largest absolute Gasteiger partial charge is 0.396 e. The summed E-state index contributed by atoms with van der Waals surface area (Å²) in [5.41, 5.74) is 3.05. The quantitative estimate of drug-likeness (QED) is 0.909. The summed E-state index contributed by atoms with van der Waals surface area (Å²) in [6.45, 7) is 0.144. The van der Waals surface area contributed by atoms with Crippen molar-refractivity contribution in [3.63, 3.8) is 0 Å². The number of nitrogens with one attached hydrogen (secondary N) is 1. The summed E-state index contributed by atoms with van der Waals surface area (Å²) in [4.78, 5) is 13.8. The molecule has 1 aliphatic rings. The Hall–Kier alpha value is -1.30. The number of rotatable bonds is 4. The Bertz CT molecular complexity index is 621. The number of thioether (sulfide) groups is 1. The lowest BCUT2D eigenvalue weighted by molar-refractivity contribution is -0.115. The maximum atomic E-state index is 12.5. The highest BCUT2D eigenvalue weighted by Crippen LogP contribution is 2.39. The van der Waals surface area contributed by atoms with E-state index in [0.717, 1.165) is 23.4 Å². The average Bonchev–Trinajstić information content (AvgIpc) is 2.98. The molecule has 2 heterocycles. The number of thiophene rings is 1. The second-order valence-electron chi connectivity index (χ2n) is 4.96. The minimum atomic E-state index is -0.0999. The van der Waals surface area contributed by atoms with Crippen molar-refractivity contribution in [1.82, 2.24) is 0 Å². The summed E-state index contributed by atoms with van der Waals surface area (Å²) in [7, 11) is 0. The maximum absolute atomic E-state index is 12.5. The van der Waals surface area contributed by atoms with E-state index in [2.05, 4.69) is 16.8 Å². The molecule has 2 N–H and O–H groups in total. The van der Waals surface area contributed by atoms with Crippen LogP contribution < -0.4 is 5.32 Å². The first-order valence-corrected chi connectivity index (χ1v) is 8.89. The molecule has 1 aromatic heterocycles. The molecular weight excluding hydrogens is 302 g/mol. The van der Waals surface area contributed by atoms with E-state index in [-0.39, 0.29) is 17.8 Å². The monoisotopic (exact) mass is 319 g/mol. The zero-order chi connectivity index (χ0) is 14.7. The second-order valence-corrected chi connectivity index (χ2v) is 7.17. The first kappa shape index (κ1) is 14.6. The fraction of sp³-hybridized carbons (Fsp3) is 0.312. The Morgan fingerprint density at radius 3 is 2.86 bits per heavy atom. The van der Waals surface area contributed by atoms with Gasteiger partial charge in [-0.1, -0.05) is 12.1 Å². The summed E-state index contributed by atoms with van der Waals surface area (Å²) in [6, 6.07) is 9.74. The first-order valence-electron chi connectivity index (χ1n) is 6.96. The van der Waals surface area contributed by atoms with Crippen molar-refractivity contribution in [2.24, 2.45) is 0 Å². The predicted molar refractivity (Wildman–Crippen MR) is 89.1 cm³/mol. The Kier molecular flexibility index (Phi) is 4.63. The van der Waals surface area contributed by atoms with Crippen molar-refractivity contribution in [2.45, 2.75) is 18.1 Å². The van der Waals surface area contributed by atoms with Crippen LogP contribution >= 0.6 is 23.1 Å². The molecule has 0 spiro atoms. The Balaban J connectivity index is 1.70. The second kappa shape index (κ2) is 6.64. The molecule has 2 aromatic rings. The SMILES string of the molecule is O=C(Nc1ccc(CCO)cc1)[C@H]1SCCc2sccc21. The van der Waals surface area contributed by atoms with E-state index in [0.29, 0.717) is 6.42 Å². The average molecular weight is 319 g/mol. The molecule has 1 atom stereocenters. The Morgan fingerprint density at radius 2 is 2.10 bits per heavy atom. The third-order valence-electron chi connectivity index (χ3n) is 3.54. The number of hydrogen-bond donors (Lipinski definition) is 2. The van der Waals surface area contributed by atoms with Gasteiger partial charge in [-0.05, 0) is 53.3 Å².